The molecule has 6 heteroatoms. The smallest absolute Gasteiger partial charge is 0.157 e. The van der Waals surface area contributed by atoms with Crippen LogP contribution in [0.5, 0.6) is 0 Å². The van der Waals surface area contributed by atoms with E-state index in [1.165, 1.54) is 11.5 Å². The molecular weight excluding hydrogens is 222 g/mol. The summed E-state index contributed by atoms with van der Waals surface area (Å²) in [4.78, 5) is 2.31. The van der Waals surface area contributed by atoms with Crippen LogP contribution in [0.25, 0.3) is 0 Å². The molecule has 1 aliphatic rings. The van der Waals surface area contributed by atoms with Gasteiger partial charge in [-0.05, 0) is 44.5 Å². The molecule has 2 rings (SSSR count). The van der Waals surface area contributed by atoms with Crippen molar-refractivity contribution in [1.82, 2.24) is 9.27 Å². The molecule has 1 aromatic rings. The van der Waals surface area contributed by atoms with E-state index in [4.69, 9.17) is 11.0 Å². The second-order valence-electron chi connectivity index (χ2n) is 4.11. The highest BCUT2D eigenvalue weighted by atomic mass is 32.1. The summed E-state index contributed by atoms with van der Waals surface area (Å²) in [5, 5.41) is 13.1. The van der Waals surface area contributed by atoms with Gasteiger partial charge in [-0.2, -0.15) is 9.64 Å². The van der Waals surface area contributed by atoms with Crippen molar-refractivity contribution in [3.05, 3.63) is 5.56 Å². The van der Waals surface area contributed by atoms with Crippen LogP contribution in [0.2, 0.25) is 0 Å². The van der Waals surface area contributed by atoms with Crippen molar-refractivity contribution in [2.75, 3.05) is 31.2 Å². The highest BCUT2D eigenvalue weighted by Gasteiger charge is 2.19. The summed E-state index contributed by atoms with van der Waals surface area (Å²) in [7, 11) is 2.13. The Morgan fingerprint density at radius 3 is 2.88 bits per heavy atom. The van der Waals surface area contributed by atoms with Gasteiger partial charge in [0.1, 0.15) is 16.6 Å². The molecule has 2 heterocycles. The first-order valence-electron chi connectivity index (χ1n) is 5.31. The number of piperidine rings is 1. The molecule has 0 radical (unpaired) electrons. The van der Waals surface area contributed by atoms with E-state index in [-0.39, 0.29) is 0 Å². The number of likely N-dealkylation sites (tertiary alicyclic amines) is 1. The van der Waals surface area contributed by atoms with Gasteiger partial charge < -0.3 is 16.0 Å². The van der Waals surface area contributed by atoms with Crippen LogP contribution in [-0.2, 0) is 0 Å². The minimum Gasteiger partial charge on any atom is -0.382 e. The van der Waals surface area contributed by atoms with Gasteiger partial charge in [-0.3, -0.25) is 0 Å². The second-order valence-corrected chi connectivity index (χ2v) is 4.88. The maximum atomic E-state index is 8.95. The van der Waals surface area contributed by atoms with Gasteiger partial charge >= 0.3 is 0 Å². The summed E-state index contributed by atoms with van der Waals surface area (Å²) in [6.07, 6.45) is 2.19. The molecule has 0 atom stereocenters. The Labute approximate surface area is 99.0 Å². The van der Waals surface area contributed by atoms with Crippen LogP contribution >= 0.6 is 11.5 Å². The van der Waals surface area contributed by atoms with Gasteiger partial charge in [0.05, 0.1) is 0 Å². The zero-order chi connectivity index (χ0) is 11.5. The van der Waals surface area contributed by atoms with Crippen LogP contribution in [0.4, 0.5) is 10.8 Å². The van der Waals surface area contributed by atoms with Crippen LogP contribution in [-0.4, -0.2) is 35.5 Å². The van der Waals surface area contributed by atoms with E-state index >= 15 is 0 Å². The van der Waals surface area contributed by atoms with Gasteiger partial charge in [-0.25, -0.2) is 0 Å². The quantitative estimate of drug-likeness (QED) is 0.805. The fourth-order valence-electron chi connectivity index (χ4n) is 1.85. The summed E-state index contributed by atoms with van der Waals surface area (Å²) in [5.74, 6) is 0.336. The van der Waals surface area contributed by atoms with Crippen molar-refractivity contribution in [3.8, 4) is 6.07 Å². The SMILES string of the molecule is CN1CCC(Nc2snc(N)c2C#N)CC1. The number of nitrogens with two attached hydrogens (primary N) is 1. The lowest BCUT2D eigenvalue weighted by Gasteiger charge is -2.29. The predicted octanol–water partition coefficient (Wildman–Crippen LogP) is 1.10. The Morgan fingerprint density at radius 1 is 1.56 bits per heavy atom. The van der Waals surface area contributed by atoms with Gasteiger partial charge in [-0.15, -0.1) is 0 Å². The molecule has 1 aromatic heterocycles. The average Bonchev–Trinajstić information content (AvgIpc) is 2.63. The topological polar surface area (TPSA) is 78.0 Å². The Kier molecular flexibility index (Phi) is 3.27. The molecule has 3 N–H and O–H groups in total. The molecule has 0 amide bonds. The van der Waals surface area contributed by atoms with Gasteiger partial charge in [-0.1, -0.05) is 0 Å². The first kappa shape index (κ1) is 11.2. The number of rotatable bonds is 2. The standard InChI is InChI=1S/C10H15N5S/c1-15-4-2-7(3-5-15)13-10-8(6-11)9(12)14-16-10/h7,13H,2-5H2,1H3,(H2,12,14). The third kappa shape index (κ3) is 2.26. The molecule has 1 saturated heterocycles. The van der Waals surface area contributed by atoms with Crippen LogP contribution in [0.15, 0.2) is 0 Å². The van der Waals surface area contributed by atoms with Crippen molar-refractivity contribution >= 4 is 22.4 Å². The van der Waals surface area contributed by atoms with E-state index in [1.54, 1.807) is 0 Å². The number of nitriles is 1. The molecule has 1 fully saturated rings. The summed E-state index contributed by atoms with van der Waals surface area (Å²) in [6, 6.07) is 2.53. The number of nitrogens with one attached hydrogen (secondary N) is 1. The largest absolute Gasteiger partial charge is 0.382 e. The molecule has 86 valence electrons. The summed E-state index contributed by atoms with van der Waals surface area (Å²) >= 11 is 1.27. The maximum absolute atomic E-state index is 8.95. The third-order valence-corrected chi connectivity index (χ3v) is 3.68. The number of hydrogen-bond acceptors (Lipinski definition) is 6. The van der Waals surface area contributed by atoms with Gasteiger partial charge in [0.2, 0.25) is 0 Å². The number of aromatic nitrogens is 1. The minimum absolute atomic E-state index is 0.336. The van der Waals surface area contributed by atoms with E-state index in [0.29, 0.717) is 17.4 Å². The van der Waals surface area contributed by atoms with Crippen molar-refractivity contribution < 1.29 is 0 Å². The van der Waals surface area contributed by atoms with Gasteiger partial charge in [0.15, 0.2) is 5.82 Å². The third-order valence-electron chi connectivity index (χ3n) is 2.88. The normalized spacial score (nSPS) is 18.2. The van der Waals surface area contributed by atoms with Crippen LogP contribution in [0.3, 0.4) is 0 Å². The van der Waals surface area contributed by atoms with E-state index in [1.807, 2.05) is 0 Å². The van der Waals surface area contributed by atoms with E-state index in [2.05, 4.69) is 27.7 Å². The molecule has 0 aromatic carbocycles. The molecule has 0 bridgehead atoms. The highest BCUT2D eigenvalue weighted by molar-refractivity contribution is 7.10. The molecule has 0 aliphatic carbocycles. The second kappa shape index (κ2) is 4.68. The van der Waals surface area contributed by atoms with Crippen molar-refractivity contribution in [1.29, 1.82) is 5.26 Å². The molecule has 0 unspecified atom stereocenters. The maximum Gasteiger partial charge on any atom is 0.157 e. The Bertz CT molecular complexity index is 400. The molecule has 0 saturated carbocycles. The first-order valence-corrected chi connectivity index (χ1v) is 6.08. The van der Waals surface area contributed by atoms with Crippen molar-refractivity contribution in [2.24, 2.45) is 0 Å². The van der Waals surface area contributed by atoms with Crippen molar-refractivity contribution in [2.45, 2.75) is 18.9 Å². The Hall–Kier alpha value is -1.32. The number of hydrogen-bond donors (Lipinski definition) is 2. The van der Waals surface area contributed by atoms with Crippen LogP contribution in [0, 0.1) is 11.3 Å². The first-order chi connectivity index (χ1) is 7.70. The van der Waals surface area contributed by atoms with Crippen LogP contribution in [0.1, 0.15) is 18.4 Å². The molecule has 5 nitrogen and oxygen atoms in total. The summed E-state index contributed by atoms with van der Waals surface area (Å²) in [6.45, 7) is 2.18. The van der Waals surface area contributed by atoms with Crippen molar-refractivity contribution in [3.63, 3.8) is 0 Å². The van der Waals surface area contributed by atoms with E-state index < -0.39 is 0 Å². The lowest BCUT2D eigenvalue weighted by atomic mass is 10.1. The summed E-state index contributed by atoms with van der Waals surface area (Å²) in [5.41, 5.74) is 6.10. The molecule has 1 aliphatic heterocycles. The highest BCUT2D eigenvalue weighted by Crippen LogP contribution is 2.27. The molecular formula is C10H15N5S. The number of nitrogens with zero attached hydrogens (tertiary/aromatic N) is 3. The lowest BCUT2D eigenvalue weighted by Crippen LogP contribution is -2.36. The fraction of sp³-hybridized carbons (Fsp3) is 0.600. The predicted molar refractivity (Wildman–Crippen MR) is 65.4 cm³/mol. The minimum atomic E-state index is 0.336. The van der Waals surface area contributed by atoms with E-state index in [9.17, 15) is 0 Å². The fourth-order valence-corrected chi connectivity index (χ4v) is 2.59. The number of nitrogen functional groups attached to an aromatic ring is 1. The number of anilines is 2. The molecule has 0 spiro atoms. The monoisotopic (exact) mass is 237 g/mol. The van der Waals surface area contributed by atoms with Gasteiger partial charge in [0.25, 0.3) is 0 Å². The Balaban J connectivity index is 2.02. The average molecular weight is 237 g/mol. The van der Waals surface area contributed by atoms with Crippen LogP contribution < -0.4 is 11.1 Å². The lowest BCUT2D eigenvalue weighted by molar-refractivity contribution is 0.264. The van der Waals surface area contributed by atoms with E-state index in [0.717, 1.165) is 30.9 Å². The molecule has 16 heavy (non-hydrogen) atoms. The zero-order valence-electron chi connectivity index (χ0n) is 9.23. The zero-order valence-corrected chi connectivity index (χ0v) is 10.0. The Morgan fingerprint density at radius 2 is 2.25 bits per heavy atom. The summed E-state index contributed by atoms with van der Waals surface area (Å²) < 4.78 is 3.99. The van der Waals surface area contributed by atoms with Gasteiger partial charge in [0, 0.05) is 6.04 Å².